The number of hydrazine groups is 1. The number of carbonyl (C=O) groups is 1. The molecular formula is C10H11N3O2. The average Bonchev–Trinajstić information content (AvgIpc) is 2.62. The van der Waals surface area contributed by atoms with Crippen LogP contribution in [0.15, 0.2) is 17.2 Å². The first kappa shape index (κ1) is 9.51. The van der Waals surface area contributed by atoms with Gasteiger partial charge in [-0.2, -0.15) is 5.10 Å². The molecule has 0 aromatic heterocycles. The van der Waals surface area contributed by atoms with Crippen LogP contribution in [0, 0.1) is 0 Å². The highest BCUT2D eigenvalue weighted by atomic mass is 16.4. The third kappa shape index (κ3) is 1.41. The predicted octanol–water partition coefficient (Wildman–Crippen LogP) is 0.0400. The normalized spacial score (nSPS) is 12.1. The summed E-state index contributed by atoms with van der Waals surface area (Å²) in [6.45, 7) is 3.74. The highest BCUT2D eigenvalue weighted by Gasteiger charge is 2.12. The zero-order valence-corrected chi connectivity index (χ0v) is 8.46. The lowest BCUT2D eigenvalue weighted by Crippen LogP contribution is -2.32. The van der Waals surface area contributed by atoms with Crippen LogP contribution in [0.1, 0.15) is 24.2 Å². The first-order valence-corrected chi connectivity index (χ1v) is 4.54. The van der Waals surface area contributed by atoms with Crippen molar-refractivity contribution in [2.24, 2.45) is 5.10 Å². The number of fused-ring (bicyclic) bond motifs is 1. The van der Waals surface area contributed by atoms with Gasteiger partial charge in [0.2, 0.25) is 0 Å². The lowest BCUT2D eigenvalue weighted by Gasteiger charge is -2.00. The Hall–Kier alpha value is -2.04. The molecule has 0 bridgehead atoms. The minimum absolute atomic E-state index is 0.281. The molecule has 0 saturated heterocycles. The maximum absolute atomic E-state index is 11.0. The number of hydrogen-bond acceptors (Lipinski definition) is 4. The largest absolute Gasteiger partial charge is 0.478 e. The molecule has 78 valence electrons. The van der Waals surface area contributed by atoms with E-state index in [2.05, 4.69) is 16.1 Å². The number of carboxylic acid groups (broad SMARTS) is 1. The number of carboxylic acids is 1. The molecule has 1 aromatic carbocycles. The quantitative estimate of drug-likeness (QED) is 0.605. The summed E-state index contributed by atoms with van der Waals surface area (Å²) in [5.74, 6) is -0.934. The van der Waals surface area contributed by atoms with E-state index in [1.165, 1.54) is 0 Å². The second-order valence-corrected chi connectivity index (χ2v) is 3.54. The van der Waals surface area contributed by atoms with Crippen molar-refractivity contribution < 1.29 is 9.90 Å². The number of nitrogens with one attached hydrogen (secondary N) is 2. The maximum atomic E-state index is 11.0. The highest BCUT2D eigenvalue weighted by Crippen LogP contribution is 2.02. The number of rotatable bonds is 1. The second-order valence-electron chi connectivity index (χ2n) is 3.54. The van der Waals surface area contributed by atoms with Gasteiger partial charge in [0.05, 0.1) is 11.3 Å². The molecule has 1 aromatic rings. The van der Waals surface area contributed by atoms with Crippen LogP contribution >= 0.6 is 0 Å². The Kier molecular flexibility index (Phi) is 2.07. The van der Waals surface area contributed by atoms with Gasteiger partial charge < -0.3 is 5.11 Å². The molecule has 1 aliphatic rings. The van der Waals surface area contributed by atoms with Crippen LogP contribution in [0.4, 0.5) is 5.69 Å². The van der Waals surface area contributed by atoms with Gasteiger partial charge in [-0.15, -0.1) is 0 Å². The van der Waals surface area contributed by atoms with Crippen LogP contribution in [0.3, 0.4) is 0 Å². The Morgan fingerprint density at radius 3 is 2.73 bits per heavy atom. The molecule has 1 heterocycles. The number of benzene rings is 1. The summed E-state index contributed by atoms with van der Waals surface area (Å²) in [5.41, 5.74) is 7.47. The maximum Gasteiger partial charge on any atom is 0.336 e. The van der Waals surface area contributed by atoms with E-state index in [0.717, 1.165) is 11.3 Å². The van der Waals surface area contributed by atoms with Gasteiger partial charge in [-0.25, -0.2) is 10.3 Å². The molecule has 5 heteroatoms. The fourth-order valence-electron chi connectivity index (χ4n) is 1.64. The third-order valence-electron chi connectivity index (χ3n) is 2.27. The fraction of sp³-hybridized carbons (Fsp3) is 0.200. The first-order chi connectivity index (χ1) is 7.11. The van der Waals surface area contributed by atoms with Crippen molar-refractivity contribution in [3.63, 3.8) is 0 Å². The van der Waals surface area contributed by atoms with Crippen molar-refractivity contribution in [1.82, 2.24) is 5.53 Å². The van der Waals surface area contributed by atoms with Gasteiger partial charge in [0.15, 0.2) is 0 Å². The van der Waals surface area contributed by atoms with Gasteiger partial charge in [0.1, 0.15) is 5.36 Å². The summed E-state index contributed by atoms with van der Waals surface area (Å²) < 4.78 is 0. The Balaban J connectivity index is 2.94. The first-order valence-electron chi connectivity index (χ1n) is 4.54. The fourth-order valence-corrected chi connectivity index (χ4v) is 1.64. The number of nitrogens with zero attached hydrogens (tertiary/aromatic N) is 1. The van der Waals surface area contributed by atoms with Crippen LogP contribution in [0.5, 0.6) is 0 Å². The van der Waals surface area contributed by atoms with Crippen molar-refractivity contribution in [3.8, 4) is 0 Å². The third-order valence-corrected chi connectivity index (χ3v) is 2.27. The molecule has 0 aliphatic carbocycles. The van der Waals surface area contributed by atoms with Crippen molar-refractivity contribution in [2.45, 2.75) is 13.8 Å². The molecule has 0 saturated carbocycles. The molecule has 0 fully saturated rings. The molecule has 5 nitrogen and oxygen atoms in total. The van der Waals surface area contributed by atoms with Crippen molar-refractivity contribution in [1.29, 1.82) is 0 Å². The predicted molar refractivity (Wildman–Crippen MR) is 55.7 cm³/mol. The van der Waals surface area contributed by atoms with Crippen LogP contribution < -0.4 is 21.5 Å². The van der Waals surface area contributed by atoms with Gasteiger partial charge in [-0.3, -0.25) is 5.43 Å². The number of aromatic carboxylic acids is 1. The second kappa shape index (κ2) is 3.27. The Labute approximate surface area is 86.1 Å². The number of anilines is 1. The van der Waals surface area contributed by atoms with E-state index in [1.807, 2.05) is 13.8 Å². The summed E-state index contributed by atoms with van der Waals surface area (Å²) in [5, 5.41) is 14.4. The average molecular weight is 205 g/mol. The van der Waals surface area contributed by atoms with E-state index in [9.17, 15) is 4.79 Å². The van der Waals surface area contributed by atoms with Gasteiger partial charge in [0.25, 0.3) is 0 Å². The van der Waals surface area contributed by atoms with E-state index in [4.69, 9.17) is 5.11 Å². The summed E-state index contributed by atoms with van der Waals surface area (Å²) in [4.78, 5) is 11.0. The summed E-state index contributed by atoms with van der Waals surface area (Å²) in [6.07, 6.45) is 0. The van der Waals surface area contributed by atoms with E-state index >= 15 is 0 Å². The van der Waals surface area contributed by atoms with Gasteiger partial charge in [-0.1, -0.05) is 5.57 Å². The van der Waals surface area contributed by atoms with E-state index in [0.29, 0.717) is 10.6 Å². The van der Waals surface area contributed by atoms with E-state index in [1.54, 1.807) is 12.1 Å². The van der Waals surface area contributed by atoms with E-state index < -0.39 is 5.97 Å². The smallest absolute Gasteiger partial charge is 0.336 e. The molecule has 3 N–H and O–H groups in total. The molecule has 2 rings (SSSR count). The number of hydrogen-bond donors (Lipinski definition) is 3. The zero-order valence-electron chi connectivity index (χ0n) is 8.46. The van der Waals surface area contributed by atoms with Gasteiger partial charge in [-0.05, 0) is 26.0 Å². The molecule has 1 aliphatic heterocycles. The molecule has 15 heavy (non-hydrogen) atoms. The van der Waals surface area contributed by atoms with Crippen LogP contribution in [0.25, 0.3) is 5.57 Å². The molecule has 0 atom stereocenters. The van der Waals surface area contributed by atoms with Gasteiger partial charge >= 0.3 is 5.97 Å². The van der Waals surface area contributed by atoms with Crippen molar-refractivity contribution in [3.05, 3.63) is 28.3 Å². The molecule has 0 radical (unpaired) electrons. The van der Waals surface area contributed by atoms with E-state index in [-0.39, 0.29) is 5.56 Å². The molecular weight excluding hydrogens is 194 g/mol. The molecule has 0 spiro atoms. The highest BCUT2D eigenvalue weighted by molar-refractivity contribution is 5.89. The summed E-state index contributed by atoms with van der Waals surface area (Å²) in [6, 6.07) is 3.29. The molecule has 0 unspecified atom stereocenters. The lowest BCUT2D eigenvalue weighted by atomic mass is 10.1. The minimum atomic E-state index is -0.934. The standard InChI is InChI=1S/C10H11N3O2/c1-5(2)8-6(10(14)15)3-4-7-9(8)12-13-11-7/h3-4,11,13H,1-2H3,(H,14,15). The SMILES string of the molecule is CC(C)=c1c(C(=O)O)ccc2c1=NNN2. The minimum Gasteiger partial charge on any atom is -0.478 e. The lowest BCUT2D eigenvalue weighted by molar-refractivity contribution is 0.0695. The molecule has 0 amide bonds. The van der Waals surface area contributed by atoms with Crippen LogP contribution in [-0.4, -0.2) is 11.1 Å². The Morgan fingerprint density at radius 1 is 1.40 bits per heavy atom. The van der Waals surface area contributed by atoms with Crippen molar-refractivity contribution in [2.75, 3.05) is 5.43 Å². The zero-order chi connectivity index (χ0) is 11.0. The van der Waals surface area contributed by atoms with Crippen LogP contribution in [0.2, 0.25) is 0 Å². The monoisotopic (exact) mass is 205 g/mol. The van der Waals surface area contributed by atoms with Crippen LogP contribution in [-0.2, 0) is 0 Å². The Morgan fingerprint density at radius 2 is 2.13 bits per heavy atom. The Bertz CT molecular complexity index is 545. The summed E-state index contributed by atoms with van der Waals surface area (Å²) >= 11 is 0. The van der Waals surface area contributed by atoms with Crippen molar-refractivity contribution >= 4 is 17.2 Å². The summed E-state index contributed by atoms with van der Waals surface area (Å²) in [7, 11) is 0. The topological polar surface area (TPSA) is 73.7 Å². The van der Waals surface area contributed by atoms with Gasteiger partial charge in [0, 0.05) is 5.22 Å².